The molecule has 2 N–H and O–H groups in total. The molecule has 20 heavy (non-hydrogen) atoms. The average molecular weight is 276 g/mol. The maximum Gasteiger partial charge on any atom is 0.234 e. The minimum Gasteiger partial charge on any atom is -0.389 e. The van der Waals surface area contributed by atoms with Crippen LogP contribution in [0, 0.1) is 0 Å². The zero-order chi connectivity index (χ0) is 14.6. The third-order valence-corrected chi connectivity index (χ3v) is 3.80. The van der Waals surface area contributed by atoms with Crippen molar-refractivity contribution in [2.45, 2.75) is 38.3 Å². The lowest BCUT2D eigenvalue weighted by Gasteiger charge is -2.36. The Kier molecular flexibility index (Phi) is 4.78. The number of hydrogen-bond acceptors (Lipinski definition) is 3. The van der Waals surface area contributed by atoms with Gasteiger partial charge in [-0.05, 0) is 38.8 Å². The largest absolute Gasteiger partial charge is 0.389 e. The van der Waals surface area contributed by atoms with E-state index in [2.05, 4.69) is 5.32 Å². The van der Waals surface area contributed by atoms with Crippen molar-refractivity contribution in [1.82, 2.24) is 10.2 Å². The maximum absolute atomic E-state index is 12.1. The standard InChI is InChI=1S/C16H24N2O2/c1-13(14-7-4-3-5-8-14)17-15(19)11-18-10-6-9-16(2,20)12-18/h3-5,7-8,13,20H,6,9-12H2,1-2H3,(H,17,19). The quantitative estimate of drug-likeness (QED) is 0.880. The molecule has 0 radical (unpaired) electrons. The zero-order valence-corrected chi connectivity index (χ0v) is 12.3. The van der Waals surface area contributed by atoms with Crippen LogP contribution in [0.1, 0.15) is 38.3 Å². The van der Waals surface area contributed by atoms with Gasteiger partial charge in [-0.3, -0.25) is 9.69 Å². The highest BCUT2D eigenvalue weighted by atomic mass is 16.3. The number of piperidine rings is 1. The fourth-order valence-electron chi connectivity index (χ4n) is 2.77. The van der Waals surface area contributed by atoms with Crippen LogP contribution in [0.4, 0.5) is 0 Å². The molecule has 0 aliphatic carbocycles. The minimum atomic E-state index is -0.663. The number of carbonyl (C=O) groups excluding carboxylic acids is 1. The van der Waals surface area contributed by atoms with Crippen molar-refractivity contribution in [2.24, 2.45) is 0 Å². The van der Waals surface area contributed by atoms with E-state index in [1.807, 2.05) is 49.1 Å². The smallest absolute Gasteiger partial charge is 0.234 e. The SMILES string of the molecule is CC(NC(=O)CN1CCCC(C)(O)C1)c1ccccc1. The van der Waals surface area contributed by atoms with Crippen LogP contribution in [-0.2, 0) is 4.79 Å². The Labute approximate surface area is 120 Å². The Morgan fingerprint density at radius 1 is 1.45 bits per heavy atom. The number of hydrogen-bond donors (Lipinski definition) is 2. The molecule has 0 spiro atoms. The van der Waals surface area contributed by atoms with Gasteiger partial charge in [0.1, 0.15) is 0 Å². The van der Waals surface area contributed by atoms with E-state index in [9.17, 15) is 9.90 Å². The van der Waals surface area contributed by atoms with Gasteiger partial charge >= 0.3 is 0 Å². The van der Waals surface area contributed by atoms with Gasteiger partial charge in [0.05, 0.1) is 18.2 Å². The summed E-state index contributed by atoms with van der Waals surface area (Å²) in [6.45, 7) is 5.63. The van der Waals surface area contributed by atoms with Crippen molar-refractivity contribution >= 4 is 5.91 Å². The summed E-state index contributed by atoms with van der Waals surface area (Å²) in [5, 5.41) is 13.1. The van der Waals surface area contributed by atoms with Gasteiger partial charge < -0.3 is 10.4 Å². The molecule has 0 saturated carbocycles. The van der Waals surface area contributed by atoms with Crippen LogP contribution < -0.4 is 5.32 Å². The van der Waals surface area contributed by atoms with Crippen molar-refractivity contribution in [3.05, 3.63) is 35.9 Å². The Morgan fingerprint density at radius 2 is 2.15 bits per heavy atom. The van der Waals surface area contributed by atoms with E-state index in [4.69, 9.17) is 0 Å². The molecule has 2 rings (SSSR count). The molecular formula is C16H24N2O2. The topological polar surface area (TPSA) is 52.6 Å². The van der Waals surface area contributed by atoms with E-state index < -0.39 is 5.60 Å². The van der Waals surface area contributed by atoms with Crippen molar-refractivity contribution in [3.8, 4) is 0 Å². The van der Waals surface area contributed by atoms with Crippen LogP contribution in [0.2, 0.25) is 0 Å². The molecule has 1 aromatic carbocycles. The van der Waals surface area contributed by atoms with E-state index in [0.29, 0.717) is 13.1 Å². The van der Waals surface area contributed by atoms with E-state index in [0.717, 1.165) is 24.9 Å². The van der Waals surface area contributed by atoms with Crippen LogP contribution in [0.25, 0.3) is 0 Å². The summed E-state index contributed by atoms with van der Waals surface area (Å²) >= 11 is 0. The first-order valence-corrected chi connectivity index (χ1v) is 7.25. The number of nitrogens with zero attached hydrogens (tertiary/aromatic N) is 1. The van der Waals surface area contributed by atoms with Crippen LogP contribution in [-0.4, -0.2) is 41.1 Å². The first-order chi connectivity index (χ1) is 9.46. The highest BCUT2D eigenvalue weighted by molar-refractivity contribution is 5.78. The second-order valence-electron chi connectivity index (χ2n) is 6.01. The summed E-state index contributed by atoms with van der Waals surface area (Å²) in [6, 6.07) is 9.94. The Morgan fingerprint density at radius 3 is 2.80 bits per heavy atom. The lowest BCUT2D eigenvalue weighted by atomic mass is 9.95. The summed E-state index contributed by atoms with van der Waals surface area (Å²) < 4.78 is 0. The molecular weight excluding hydrogens is 252 g/mol. The fraction of sp³-hybridized carbons (Fsp3) is 0.562. The maximum atomic E-state index is 12.1. The Bertz CT molecular complexity index is 445. The summed E-state index contributed by atoms with van der Waals surface area (Å²) in [5.74, 6) is 0.0130. The number of rotatable bonds is 4. The first-order valence-electron chi connectivity index (χ1n) is 7.25. The normalized spacial score (nSPS) is 25.1. The van der Waals surface area contributed by atoms with Crippen LogP contribution in [0.3, 0.4) is 0 Å². The average Bonchev–Trinajstić information content (AvgIpc) is 2.38. The lowest BCUT2D eigenvalue weighted by Crippen LogP contribution is -2.49. The van der Waals surface area contributed by atoms with E-state index in [1.54, 1.807) is 0 Å². The van der Waals surface area contributed by atoms with Gasteiger partial charge in [0.15, 0.2) is 0 Å². The van der Waals surface area contributed by atoms with Crippen molar-refractivity contribution < 1.29 is 9.90 Å². The monoisotopic (exact) mass is 276 g/mol. The molecule has 4 heteroatoms. The molecule has 1 heterocycles. The van der Waals surface area contributed by atoms with E-state index in [-0.39, 0.29) is 11.9 Å². The van der Waals surface area contributed by atoms with E-state index in [1.165, 1.54) is 0 Å². The number of amides is 1. The van der Waals surface area contributed by atoms with Crippen molar-refractivity contribution in [1.29, 1.82) is 0 Å². The predicted octanol–water partition coefficient (Wildman–Crippen LogP) is 1.71. The van der Waals surface area contributed by atoms with Gasteiger partial charge in [-0.15, -0.1) is 0 Å². The van der Waals surface area contributed by atoms with Crippen molar-refractivity contribution in [2.75, 3.05) is 19.6 Å². The Hall–Kier alpha value is -1.39. The van der Waals surface area contributed by atoms with Gasteiger partial charge in [0, 0.05) is 6.54 Å². The zero-order valence-electron chi connectivity index (χ0n) is 12.3. The predicted molar refractivity (Wildman–Crippen MR) is 79.3 cm³/mol. The molecule has 1 saturated heterocycles. The molecule has 4 nitrogen and oxygen atoms in total. The van der Waals surface area contributed by atoms with E-state index >= 15 is 0 Å². The summed E-state index contributed by atoms with van der Waals surface area (Å²) in [6.07, 6.45) is 1.75. The first kappa shape index (κ1) is 15.0. The van der Waals surface area contributed by atoms with Crippen molar-refractivity contribution in [3.63, 3.8) is 0 Å². The number of carbonyl (C=O) groups is 1. The fourth-order valence-corrected chi connectivity index (χ4v) is 2.77. The molecule has 2 unspecified atom stereocenters. The summed E-state index contributed by atoms with van der Waals surface area (Å²) in [7, 11) is 0. The van der Waals surface area contributed by atoms with Gasteiger partial charge in [-0.1, -0.05) is 30.3 Å². The third kappa shape index (κ3) is 4.32. The van der Waals surface area contributed by atoms with Gasteiger partial charge in [0.25, 0.3) is 0 Å². The van der Waals surface area contributed by atoms with Gasteiger partial charge in [-0.2, -0.15) is 0 Å². The molecule has 2 atom stereocenters. The highest BCUT2D eigenvalue weighted by Gasteiger charge is 2.29. The van der Waals surface area contributed by atoms with Crippen LogP contribution >= 0.6 is 0 Å². The molecule has 1 aromatic rings. The lowest BCUT2D eigenvalue weighted by molar-refractivity contribution is -0.124. The van der Waals surface area contributed by atoms with Gasteiger partial charge in [0.2, 0.25) is 5.91 Å². The number of benzene rings is 1. The Balaban J connectivity index is 1.83. The molecule has 1 aliphatic rings. The van der Waals surface area contributed by atoms with Gasteiger partial charge in [-0.25, -0.2) is 0 Å². The second kappa shape index (κ2) is 6.37. The van der Waals surface area contributed by atoms with Crippen LogP contribution in [0.5, 0.6) is 0 Å². The second-order valence-corrected chi connectivity index (χ2v) is 6.01. The molecule has 0 aromatic heterocycles. The summed E-state index contributed by atoms with van der Waals surface area (Å²) in [5.41, 5.74) is 0.440. The number of likely N-dealkylation sites (tertiary alicyclic amines) is 1. The third-order valence-electron chi connectivity index (χ3n) is 3.80. The molecule has 1 fully saturated rings. The summed E-state index contributed by atoms with van der Waals surface area (Å²) in [4.78, 5) is 14.1. The molecule has 1 aliphatic heterocycles. The molecule has 110 valence electrons. The number of nitrogens with one attached hydrogen (secondary N) is 1. The molecule has 1 amide bonds. The number of β-amino-alcohol motifs (C(OH)–C–C–N with tert-alkyl or cyclic N) is 1. The minimum absolute atomic E-state index is 0.00833. The highest BCUT2D eigenvalue weighted by Crippen LogP contribution is 2.20. The number of aliphatic hydroxyl groups is 1. The molecule has 0 bridgehead atoms. The van der Waals surface area contributed by atoms with Crippen LogP contribution in [0.15, 0.2) is 30.3 Å².